The number of fused-ring (bicyclic) bond motifs is 1. The minimum atomic E-state index is -0.166. The normalized spacial score (nSPS) is 20.3. The summed E-state index contributed by atoms with van der Waals surface area (Å²) >= 11 is 0. The number of anilines is 1. The summed E-state index contributed by atoms with van der Waals surface area (Å²) in [7, 11) is 0. The van der Waals surface area contributed by atoms with E-state index in [9.17, 15) is 9.59 Å². The molecule has 0 unspecified atom stereocenters. The Kier molecular flexibility index (Phi) is 2.58. The van der Waals surface area contributed by atoms with Crippen LogP contribution in [0.3, 0.4) is 0 Å². The van der Waals surface area contributed by atoms with Crippen LogP contribution in [0.2, 0.25) is 0 Å². The second-order valence-electron chi connectivity index (χ2n) is 5.10. The van der Waals surface area contributed by atoms with Crippen LogP contribution in [0.4, 0.5) is 5.69 Å². The molecule has 1 heterocycles. The van der Waals surface area contributed by atoms with Crippen molar-refractivity contribution in [3.8, 4) is 0 Å². The first-order valence-corrected chi connectivity index (χ1v) is 6.41. The fraction of sp³-hybridized carbons (Fsp3) is 0.429. The zero-order chi connectivity index (χ0) is 12.7. The van der Waals surface area contributed by atoms with Crippen LogP contribution >= 0.6 is 0 Å². The summed E-state index contributed by atoms with van der Waals surface area (Å²) in [5.41, 5.74) is 7.69. The number of rotatable bonds is 1. The highest BCUT2D eigenvalue weighted by Gasteiger charge is 2.36. The fourth-order valence-electron chi connectivity index (χ4n) is 2.97. The molecule has 1 aliphatic heterocycles. The molecule has 3 rings (SSSR count). The summed E-state index contributed by atoms with van der Waals surface area (Å²) in [6.45, 7) is 0. The van der Waals surface area contributed by atoms with Crippen molar-refractivity contribution in [1.29, 1.82) is 0 Å². The highest BCUT2D eigenvalue weighted by atomic mass is 16.2. The third-order valence-corrected chi connectivity index (χ3v) is 3.88. The first-order chi connectivity index (χ1) is 8.66. The molecule has 1 saturated carbocycles. The average Bonchev–Trinajstić information content (AvgIpc) is 2.84. The molecule has 94 valence electrons. The molecular weight excluding hydrogens is 228 g/mol. The molecule has 0 radical (unpaired) electrons. The summed E-state index contributed by atoms with van der Waals surface area (Å²) in [6, 6.07) is 5.31. The van der Waals surface area contributed by atoms with E-state index in [1.807, 2.05) is 0 Å². The Morgan fingerprint density at radius 2 is 1.89 bits per heavy atom. The van der Waals surface area contributed by atoms with E-state index in [2.05, 4.69) is 0 Å². The van der Waals surface area contributed by atoms with E-state index < -0.39 is 0 Å². The van der Waals surface area contributed by atoms with E-state index in [0.29, 0.717) is 17.7 Å². The number of nitrogens with zero attached hydrogens (tertiary/aromatic N) is 1. The molecule has 0 atom stereocenters. The molecule has 0 saturated heterocycles. The quantitative estimate of drug-likeness (QED) is 0.604. The molecule has 4 heteroatoms. The second kappa shape index (κ2) is 4.12. The summed E-state index contributed by atoms with van der Waals surface area (Å²) in [5, 5.41) is 0. The van der Waals surface area contributed by atoms with E-state index in [4.69, 9.17) is 5.73 Å². The number of nitrogen functional groups attached to an aromatic ring is 1. The van der Waals surface area contributed by atoms with Crippen LogP contribution in [0, 0.1) is 0 Å². The van der Waals surface area contributed by atoms with Crippen LogP contribution in [-0.4, -0.2) is 22.8 Å². The lowest BCUT2D eigenvalue weighted by atomic mass is 9.96. The number of hydrogen-bond acceptors (Lipinski definition) is 3. The van der Waals surface area contributed by atoms with Crippen molar-refractivity contribution in [2.45, 2.75) is 38.1 Å². The lowest BCUT2D eigenvalue weighted by Gasteiger charge is -2.31. The smallest absolute Gasteiger partial charge is 0.261 e. The number of imide groups is 1. The lowest BCUT2D eigenvalue weighted by molar-refractivity contribution is -0.130. The van der Waals surface area contributed by atoms with Gasteiger partial charge >= 0.3 is 0 Å². The molecular formula is C14H16N2O2. The van der Waals surface area contributed by atoms with Gasteiger partial charge in [0.05, 0.1) is 6.42 Å². The highest BCUT2D eigenvalue weighted by Crippen LogP contribution is 2.30. The standard InChI is InChI=1S/C14H16N2O2/c15-10-6-5-9-7-13(17)16(11-3-1-2-4-11)14(18)12(9)8-10/h5-6,8,11H,1-4,7,15H2. The van der Waals surface area contributed by atoms with Crippen LogP contribution in [0.15, 0.2) is 18.2 Å². The SMILES string of the molecule is Nc1ccc2c(c1)C(=O)N(C1CCCC1)C(=O)C2. The van der Waals surface area contributed by atoms with Gasteiger partial charge in [-0.05, 0) is 30.5 Å². The zero-order valence-electron chi connectivity index (χ0n) is 10.2. The Bertz CT molecular complexity index is 519. The van der Waals surface area contributed by atoms with Gasteiger partial charge in [-0.25, -0.2) is 0 Å². The van der Waals surface area contributed by atoms with E-state index >= 15 is 0 Å². The van der Waals surface area contributed by atoms with Crippen LogP contribution in [0.25, 0.3) is 0 Å². The first-order valence-electron chi connectivity index (χ1n) is 6.41. The van der Waals surface area contributed by atoms with E-state index in [1.165, 1.54) is 4.90 Å². The highest BCUT2D eigenvalue weighted by molar-refractivity contribution is 6.10. The lowest BCUT2D eigenvalue weighted by Crippen LogP contribution is -2.47. The number of amides is 2. The largest absolute Gasteiger partial charge is 0.399 e. The molecule has 0 spiro atoms. The number of carbonyl (C=O) groups excluding carboxylic acids is 2. The second-order valence-corrected chi connectivity index (χ2v) is 5.10. The molecule has 2 aliphatic rings. The monoisotopic (exact) mass is 244 g/mol. The summed E-state index contributed by atoms with van der Waals surface area (Å²) in [6.07, 6.45) is 4.40. The Morgan fingerprint density at radius 1 is 1.17 bits per heavy atom. The molecule has 1 aliphatic carbocycles. The Hall–Kier alpha value is -1.84. The molecule has 0 aromatic heterocycles. The maximum atomic E-state index is 12.4. The summed E-state index contributed by atoms with van der Waals surface area (Å²) in [5.74, 6) is -0.232. The van der Waals surface area contributed by atoms with Gasteiger partial charge in [0.25, 0.3) is 5.91 Å². The van der Waals surface area contributed by atoms with Crippen LogP contribution in [0.1, 0.15) is 41.6 Å². The van der Waals surface area contributed by atoms with Gasteiger partial charge in [-0.2, -0.15) is 0 Å². The van der Waals surface area contributed by atoms with Gasteiger partial charge in [-0.15, -0.1) is 0 Å². The van der Waals surface area contributed by atoms with Crippen molar-refractivity contribution in [2.75, 3.05) is 5.73 Å². The molecule has 2 amide bonds. The van der Waals surface area contributed by atoms with Crippen molar-refractivity contribution in [2.24, 2.45) is 0 Å². The maximum Gasteiger partial charge on any atom is 0.261 e. The first kappa shape index (κ1) is 11.3. The van der Waals surface area contributed by atoms with Crippen molar-refractivity contribution in [3.63, 3.8) is 0 Å². The van der Waals surface area contributed by atoms with Crippen molar-refractivity contribution >= 4 is 17.5 Å². The van der Waals surface area contributed by atoms with E-state index in [1.54, 1.807) is 18.2 Å². The van der Waals surface area contributed by atoms with Gasteiger partial charge in [0.15, 0.2) is 0 Å². The predicted octanol–water partition coefficient (Wildman–Crippen LogP) is 1.74. The number of carbonyl (C=O) groups is 2. The number of hydrogen-bond donors (Lipinski definition) is 1. The van der Waals surface area contributed by atoms with E-state index in [0.717, 1.165) is 31.2 Å². The van der Waals surface area contributed by atoms with Gasteiger partial charge in [-0.3, -0.25) is 14.5 Å². The molecule has 1 fully saturated rings. The predicted molar refractivity (Wildman–Crippen MR) is 68.0 cm³/mol. The molecule has 0 bridgehead atoms. The Balaban J connectivity index is 1.99. The van der Waals surface area contributed by atoms with Crippen molar-refractivity contribution in [1.82, 2.24) is 4.90 Å². The number of nitrogens with two attached hydrogens (primary N) is 1. The van der Waals surface area contributed by atoms with Crippen LogP contribution in [0.5, 0.6) is 0 Å². The minimum Gasteiger partial charge on any atom is -0.399 e. The van der Waals surface area contributed by atoms with Crippen LogP contribution in [-0.2, 0) is 11.2 Å². The van der Waals surface area contributed by atoms with Gasteiger partial charge in [0, 0.05) is 17.3 Å². The summed E-state index contributed by atoms with van der Waals surface area (Å²) in [4.78, 5) is 26.0. The zero-order valence-corrected chi connectivity index (χ0v) is 10.2. The maximum absolute atomic E-state index is 12.4. The topological polar surface area (TPSA) is 63.4 Å². The minimum absolute atomic E-state index is 0.0656. The van der Waals surface area contributed by atoms with E-state index in [-0.39, 0.29) is 17.9 Å². The molecule has 2 N–H and O–H groups in total. The van der Waals surface area contributed by atoms with Crippen molar-refractivity contribution in [3.05, 3.63) is 29.3 Å². The Morgan fingerprint density at radius 3 is 2.61 bits per heavy atom. The third-order valence-electron chi connectivity index (χ3n) is 3.88. The third kappa shape index (κ3) is 1.68. The van der Waals surface area contributed by atoms with Gasteiger partial charge in [-0.1, -0.05) is 18.9 Å². The number of benzene rings is 1. The molecule has 1 aromatic rings. The average molecular weight is 244 g/mol. The molecule has 18 heavy (non-hydrogen) atoms. The Labute approximate surface area is 106 Å². The van der Waals surface area contributed by atoms with Gasteiger partial charge in [0.1, 0.15) is 0 Å². The molecule has 1 aromatic carbocycles. The van der Waals surface area contributed by atoms with Gasteiger partial charge in [0.2, 0.25) is 5.91 Å². The van der Waals surface area contributed by atoms with Crippen LogP contribution < -0.4 is 5.73 Å². The van der Waals surface area contributed by atoms with Crippen molar-refractivity contribution < 1.29 is 9.59 Å². The molecule has 4 nitrogen and oxygen atoms in total. The van der Waals surface area contributed by atoms with Gasteiger partial charge < -0.3 is 5.73 Å². The summed E-state index contributed by atoms with van der Waals surface area (Å²) < 4.78 is 0. The fourth-order valence-corrected chi connectivity index (χ4v) is 2.97.